The van der Waals surface area contributed by atoms with Crippen LogP contribution in [-0.4, -0.2) is 42.3 Å². The van der Waals surface area contributed by atoms with E-state index >= 15 is 0 Å². The predicted molar refractivity (Wildman–Crippen MR) is 66.5 cm³/mol. The molecular weight excluding hydrogens is 200 g/mol. The van der Waals surface area contributed by atoms with Crippen molar-refractivity contribution >= 4 is 0 Å². The first kappa shape index (κ1) is 12.3. The third kappa shape index (κ3) is 2.96. The molecule has 2 rings (SSSR count). The van der Waals surface area contributed by atoms with E-state index in [1.54, 1.807) is 0 Å². The monoisotopic (exact) mass is 226 g/mol. The molecule has 0 saturated carbocycles. The zero-order valence-corrected chi connectivity index (χ0v) is 10.7. The molecule has 0 bridgehead atoms. The molecule has 0 spiro atoms. The second-order valence-electron chi connectivity index (χ2n) is 5.92. The van der Waals surface area contributed by atoms with Crippen LogP contribution in [0.5, 0.6) is 0 Å². The lowest BCUT2D eigenvalue weighted by molar-refractivity contribution is -0.0366. The van der Waals surface area contributed by atoms with Gasteiger partial charge in [0, 0.05) is 19.1 Å². The van der Waals surface area contributed by atoms with E-state index in [0.29, 0.717) is 12.1 Å². The van der Waals surface area contributed by atoms with Gasteiger partial charge in [0.05, 0.1) is 11.7 Å². The summed E-state index contributed by atoms with van der Waals surface area (Å²) in [5.41, 5.74) is 5.93. The van der Waals surface area contributed by atoms with Crippen LogP contribution in [0.1, 0.15) is 46.0 Å². The maximum atomic E-state index is 6.06. The molecule has 0 aromatic rings. The van der Waals surface area contributed by atoms with Gasteiger partial charge in [0.2, 0.25) is 0 Å². The molecule has 94 valence electrons. The molecule has 0 aromatic heterocycles. The Morgan fingerprint density at radius 2 is 2.12 bits per heavy atom. The number of piperidine rings is 1. The number of rotatable bonds is 3. The molecule has 2 unspecified atom stereocenters. The van der Waals surface area contributed by atoms with Crippen molar-refractivity contribution in [2.45, 2.75) is 63.7 Å². The highest BCUT2D eigenvalue weighted by atomic mass is 16.5. The Morgan fingerprint density at radius 1 is 1.31 bits per heavy atom. The van der Waals surface area contributed by atoms with Gasteiger partial charge in [-0.25, -0.2) is 0 Å². The molecule has 0 aromatic carbocycles. The first-order chi connectivity index (χ1) is 7.61. The number of hydrogen-bond donors (Lipinski definition) is 1. The SMILES string of the molecule is CC1(C)CCC(CN2CCCCC2CN)O1. The van der Waals surface area contributed by atoms with E-state index in [1.807, 2.05) is 0 Å². The molecule has 0 aliphatic carbocycles. The van der Waals surface area contributed by atoms with Crippen molar-refractivity contribution in [1.29, 1.82) is 0 Å². The standard InChI is InChI=1S/C13H26N2O/c1-13(2)7-6-12(16-13)10-15-8-4-3-5-11(15)9-14/h11-12H,3-10,14H2,1-2H3. The molecule has 16 heavy (non-hydrogen) atoms. The summed E-state index contributed by atoms with van der Waals surface area (Å²) in [6.07, 6.45) is 6.77. The Morgan fingerprint density at radius 3 is 2.75 bits per heavy atom. The van der Waals surface area contributed by atoms with Crippen molar-refractivity contribution in [2.75, 3.05) is 19.6 Å². The zero-order chi connectivity index (χ0) is 11.6. The molecule has 2 aliphatic rings. The van der Waals surface area contributed by atoms with Crippen molar-refractivity contribution in [2.24, 2.45) is 5.73 Å². The highest BCUT2D eigenvalue weighted by Gasteiger charge is 2.34. The minimum atomic E-state index is 0.0959. The van der Waals surface area contributed by atoms with Crippen molar-refractivity contribution < 1.29 is 4.74 Å². The van der Waals surface area contributed by atoms with Crippen molar-refractivity contribution in [1.82, 2.24) is 4.90 Å². The fraction of sp³-hybridized carbons (Fsp3) is 1.00. The van der Waals surface area contributed by atoms with Gasteiger partial charge in [-0.05, 0) is 46.1 Å². The molecule has 0 radical (unpaired) electrons. The van der Waals surface area contributed by atoms with Crippen molar-refractivity contribution in [3.05, 3.63) is 0 Å². The van der Waals surface area contributed by atoms with Crippen LogP contribution in [0.25, 0.3) is 0 Å². The Balaban J connectivity index is 1.84. The van der Waals surface area contributed by atoms with E-state index < -0.39 is 0 Å². The summed E-state index contributed by atoms with van der Waals surface area (Å²) in [4.78, 5) is 2.55. The van der Waals surface area contributed by atoms with E-state index in [1.165, 1.54) is 38.6 Å². The van der Waals surface area contributed by atoms with Crippen molar-refractivity contribution in [3.63, 3.8) is 0 Å². The Bertz CT molecular complexity index is 230. The zero-order valence-electron chi connectivity index (χ0n) is 10.7. The van der Waals surface area contributed by atoms with E-state index in [0.717, 1.165) is 13.1 Å². The summed E-state index contributed by atoms with van der Waals surface area (Å²) < 4.78 is 6.06. The fourth-order valence-electron chi connectivity index (χ4n) is 3.04. The van der Waals surface area contributed by atoms with Gasteiger partial charge in [-0.1, -0.05) is 6.42 Å². The van der Waals surface area contributed by atoms with Crippen LogP contribution in [0.4, 0.5) is 0 Å². The predicted octanol–water partition coefficient (Wildman–Crippen LogP) is 1.76. The fourth-order valence-corrected chi connectivity index (χ4v) is 3.04. The van der Waals surface area contributed by atoms with Gasteiger partial charge in [-0.15, -0.1) is 0 Å². The Labute approximate surface area is 99.3 Å². The van der Waals surface area contributed by atoms with E-state index in [9.17, 15) is 0 Å². The van der Waals surface area contributed by atoms with Crippen LogP contribution in [-0.2, 0) is 4.74 Å². The number of likely N-dealkylation sites (tertiary alicyclic amines) is 1. The molecule has 2 N–H and O–H groups in total. The number of ether oxygens (including phenoxy) is 1. The van der Waals surface area contributed by atoms with Gasteiger partial charge in [0.1, 0.15) is 0 Å². The summed E-state index contributed by atoms with van der Waals surface area (Å²) in [5.74, 6) is 0. The van der Waals surface area contributed by atoms with Crippen LogP contribution in [0.15, 0.2) is 0 Å². The number of hydrogen-bond acceptors (Lipinski definition) is 3. The summed E-state index contributed by atoms with van der Waals surface area (Å²) in [6.45, 7) is 7.50. The highest BCUT2D eigenvalue weighted by Crippen LogP contribution is 2.30. The lowest BCUT2D eigenvalue weighted by Gasteiger charge is -2.36. The van der Waals surface area contributed by atoms with Crippen LogP contribution < -0.4 is 5.73 Å². The van der Waals surface area contributed by atoms with E-state index in [2.05, 4.69) is 18.7 Å². The second-order valence-corrected chi connectivity index (χ2v) is 5.92. The third-order valence-electron chi connectivity index (χ3n) is 4.01. The summed E-state index contributed by atoms with van der Waals surface area (Å²) >= 11 is 0. The molecule has 0 amide bonds. The van der Waals surface area contributed by atoms with Gasteiger partial charge in [-0.3, -0.25) is 4.90 Å². The quantitative estimate of drug-likeness (QED) is 0.797. The van der Waals surface area contributed by atoms with E-state index in [-0.39, 0.29) is 5.60 Å². The van der Waals surface area contributed by atoms with E-state index in [4.69, 9.17) is 10.5 Å². The minimum absolute atomic E-state index is 0.0959. The Kier molecular flexibility index (Phi) is 3.88. The first-order valence-electron chi connectivity index (χ1n) is 6.73. The normalized spacial score (nSPS) is 35.4. The van der Waals surface area contributed by atoms with Gasteiger partial charge >= 0.3 is 0 Å². The molecule has 3 heteroatoms. The Hall–Kier alpha value is -0.120. The highest BCUT2D eigenvalue weighted by molar-refractivity contribution is 4.86. The van der Waals surface area contributed by atoms with Gasteiger partial charge in [0.25, 0.3) is 0 Å². The molecule has 2 heterocycles. The average Bonchev–Trinajstić information content (AvgIpc) is 2.59. The first-order valence-corrected chi connectivity index (χ1v) is 6.73. The molecule has 2 fully saturated rings. The largest absolute Gasteiger partial charge is 0.371 e. The van der Waals surface area contributed by atoms with Crippen LogP contribution >= 0.6 is 0 Å². The third-order valence-corrected chi connectivity index (χ3v) is 4.01. The van der Waals surface area contributed by atoms with Gasteiger partial charge < -0.3 is 10.5 Å². The molecule has 3 nitrogen and oxygen atoms in total. The van der Waals surface area contributed by atoms with Crippen LogP contribution in [0.2, 0.25) is 0 Å². The average molecular weight is 226 g/mol. The van der Waals surface area contributed by atoms with Gasteiger partial charge in [-0.2, -0.15) is 0 Å². The number of nitrogens with two attached hydrogens (primary N) is 1. The molecule has 2 saturated heterocycles. The van der Waals surface area contributed by atoms with Crippen LogP contribution in [0.3, 0.4) is 0 Å². The topological polar surface area (TPSA) is 38.5 Å². The maximum Gasteiger partial charge on any atom is 0.0710 e. The van der Waals surface area contributed by atoms with Crippen LogP contribution in [0, 0.1) is 0 Å². The van der Waals surface area contributed by atoms with Crippen molar-refractivity contribution in [3.8, 4) is 0 Å². The van der Waals surface area contributed by atoms with Gasteiger partial charge in [0.15, 0.2) is 0 Å². The minimum Gasteiger partial charge on any atom is -0.371 e. The summed E-state index contributed by atoms with van der Waals surface area (Å²) in [6, 6.07) is 0.598. The summed E-state index contributed by atoms with van der Waals surface area (Å²) in [5, 5.41) is 0. The molecule has 2 atom stereocenters. The number of nitrogens with zero attached hydrogens (tertiary/aromatic N) is 1. The lowest BCUT2D eigenvalue weighted by atomic mass is 10.0. The molecule has 2 aliphatic heterocycles. The summed E-state index contributed by atoms with van der Waals surface area (Å²) in [7, 11) is 0. The molecular formula is C13H26N2O. The smallest absolute Gasteiger partial charge is 0.0710 e. The second kappa shape index (κ2) is 5.03. The maximum absolute atomic E-state index is 6.06. The lowest BCUT2D eigenvalue weighted by Crippen LogP contribution is -2.47.